The molecule has 0 radical (unpaired) electrons. The van der Waals surface area contributed by atoms with Crippen molar-refractivity contribution in [2.24, 2.45) is 0 Å². The van der Waals surface area contributed by atoms with Gasteiger partial charge in [-0.2, -0.15) is 0 Å². The van der Waals surface area contributed by atoms with Gasteiger partial charge in [0.05, 0.1) is 6.54 Å². The summed E-state index contributed by atoms with van der Waals surface area (Å²) in [7, 11) is 3.87. The maximum absolute atomic E-state index is 4.99. The molecule has 0 bridgehead atoms. The first-order valence-corrected chi connectivity index (χ1v) is 3.29. The average molecular weight is 159 g/mol. The molecule has 0 aliphatic heterocycles. The second kappa shape index (κ2) is 3.03. The Hall–Kier alpha value is -0.550. The van der Waals surface area contributed by atoms with E-state index < -0.39 is 0 Å². The van der Waals surface area contributed by atoms with Gasteiger partial charge in [-0.05, 0) is 14.1 Å². The van der Waals surface area contributed by atoms with Crippen LogP contribution in [0.3, 0.4) is 0 Å². The number of hydrogen-bond acceptors (Lipinski definition) is 5. The molecule has 0 saturated heterocycles. The van der Waals surface area contributed by atoms with Crippen LogP contribution in [0.5, 0.6) is 0 Å². The monoisotopic (exact) mass is 159 g/mol. The highest BCUT2D eigenvalue weighted by molar-refractivity contribution is 7.80. The highest BCUT2D eigenvalue weighted by atomic mass is 32.1. The summed E-state index contributed by atoms with van der Waals surface area (Å²) in [5.74, 6) is 0.593. The molecule has 56 valence electrons. The van der Waals surface area contributed by atoms with Crippen LogP contribution in [0, 0.1) is 0 Å². The Morgan fingerprint density at radius 3 is 2.60 bits per heavy atom. The van der Waals surface area contributed by atoms with E-state index in [-0.39, 0.29) is 0 Å². The third-order valence-corrected chi connectivity index (χ3v) is 1.09. The maximum atomic E-state index is 4.99. The molecule has 0 amide bonds. The molecule has 0 spiro atoms. The Bertz CT molecular complexity index is 210. The van der Waals surface area contributed by atoms with Crippen LogP contribution in [-0.4, -0.2) is 29.2 Å². The molecule has 5 heteroatoms. The van der Waals surface area contributed by atoms with Crippen LogP contribution in [-0.2, 0) is 6.54 Å². The summed E-state index contributed by atoms with van der Waals surface area (Å²) in [6, 6.07) is 0. The first-order valence-electron chi connectivity index (χ1n) is 2.84. The van der Waals surface area contributed by atoms with Gasteiger partial charge in [-0.3, -0.25) is 0 Å². The first kappa shape index (κ1) is 7.56. The van der Waals surface area contributed by atoms with E-state index in [9.17, 15) is 0 Å². The highest BCUT2D eigenvalue weighted by Crippen LogP contribution is 2.03. The number of rotatable bonds is 2. The Balaban J connectivity index is 2.58. The second-order valence-electron chi connectivity index (χ2n) is 2.22. The summed E-state index contributed by atoms with van der Waals surface area (Å²) in [4.78, 5) is 1.95. The van der Waals surface area contributed by atoms with Crippen LogP contribution in [0.25, 0.3) is 0 Å². The molecular weight excluding hydrogens is 150 g/mol. The van der Waals surface area contributed by atoms with Crippen LogP contribution < -0.4 is 0 Å². The maximum Gasteiger partial charge on any atom is 0.273 e. The lowest BCUT2D eigenvalue weighted by Gasteiger charge is -2.02. The molecular formula is C5H9N3OS. The molecule has 1 rings (SSSR count). The molecule has 0 aliphatic rings. The van der Waals surface area contributed by atoms with E-state index in [1.807, 2.05) is 19.0 Å². The summed E-state index contributed by atoms with van der Waals surface area (Å²) in [5.41, 5.74) is 0. The minimum atomic E-state index is 0.317. The van der Waals surface area contributed by atoms with Crippen molar-refractivity contribution < 1.29 is 4.42 Å². The van der Waals surface area contributed by atoms with Gasteiger partial charge in [0.25, 0.3) is 5.22 Å². The van der Waals surface area contributed by atoms with Gasteiger partial charge < -0.3 is 9.32 Å². The van der Waals surface area contributed by atoms with Crippen molar-refractivity contribution in [3.8, 4) is 0 Å². The molecule has 0 saturated carbocycles. The zero-order valence-electron chi connectivity index (χ0n) is 5.90. The van der Waals surface area contributed by atoms with Gasteiger partial charge in [-0.1, -0.05) is 12.6 Å². The lowest BCUT2D eigenvalue weighted by molar-refractivity contribution is 0.320. The summed E-state index contributed by atoms with van der Waals surface area (Å²) >= 11 is 3.87. The third kappa shape index (κ3) is 2.00. The minimum Gasteiger partial charge on any atom is -0.415 e. The molecule has 1 heterocycles. The normalized spacial score (nSPS) is 10.8. The van der Waals surface area contributed by atoms with Gasteiger partial charge in [0, 0.05) is 0 Å². The van der Waals surface area contributed by atoms with Gasteiger partial charge in [0.1, 0.15) is 0 Å². The van der Waals surface area contributed by atoms with E-state index in [0.29, 0.717) is 17.7 Å². The molecule has 1 aromatic heterocycles. The van der Waals surface area contributed by atoms with E-state index >= 15 is 0 Å². The van der Waals surface area contributed by atoms with Gasteiger partial charge in [0.2, 0.25) is 5.89 Å². The summed E-state index contributed by atoms with van der Waals surface area (Å²) in [6.45, 7) is 0.660. The largest absolute Gasteiger partial charge is 0.415 e. The fourth-order valence-electron chi connectivity index (χ4n) is 0.579. The second-order valence-corrected chi connectivity index (χ2v) is 2.60. The van der Waals surface area contributed by atoms with Crippen molar-refractivity contribution in [3.05, 3.63) is 5.89 Å². The number of hydrogen-bond donors (Lipinski definition) is 1. The molecule has 1 aromatic rings. The fraction of sp³-hybridized carbons (Fsp3) is 0.600. The molecule has 0 aliphatic carbocycles. The number of thiol groups is 1. The standard InChI is InChI=1S/C5H9N3OS/c1-8(2)3-4-6-7-5(10)9-4/h3H2,1-2H3,(H,7,10). The van der Waals surface area contributed by atoms with E-state index in [2.05, 4.69) is 22.8 Å². The van der Waals surface area contributed by atoms with Crippen LogP contribution in [0.2, 0.25) is 0 Å². The van der Waals surface area contributed by atoms with Gasteiger partial charge in [0.15, 0.2) is 0 Å². The van der Waals surface area contributed by atoms with Gasteiger partial charge >= 0.3 is 0 Å². The van der Waals surface area contributed by atoms with Gasteiger partial charge in [-0.15, -0.1) is 10.2 Å². The van der Waals surface area contributed by atoms with Crippen molar-refractivity contribution in [1.29, 1.82) is 0 Å². The Labute approximate surface area is 64.6 Å². The van der Waals surface area contributed by atoms with Crippen molar-refractivity contribution in [3.63, 3.8) is 0 Å². The molecule has 0 aromatic carbocycles. The predicted molar refractivity (Wildman–Crippen MR) is 38.9 cm³/mol. The Kier molecular flexibility index (Phi) is 2.29. The van der Waals surface area contributed by atoms with Crippen molar-refractivity contribution in [2.45, 2.75) is 11.8 Å². The SMILES string of the molecule is CN(C)Cc1nnc(S)o1. The highest BCUT2D eigenvalue weighted by Gasteiger charge is 2.02. The minimum absolute atomic E-state index is 0.317. The fourth-order valence-corrected chi connectivity index (χ4v) is 0.729. The quantitative estimate of drug-likeness (QED) is 0.635. The van der Waals surface area contributed by atoms with Crippen LogP contribution in [0.4, 0.5) is 0 Å². The average Bonchev–Trinajstić information content (AvgIpc) is 2.13. The molecule has 0 atom stereocenters. The molecule has 0 unspecified atom stereocenters. The summed E-state index contributed by atoms with van der Waals surface area (Å²) in [5, 5.41) is 7.63. The summed E-state index contributed by atoms with van der Waals surface area (Å²) < 4.78 is 4.99. The molecule has 0 fully saturated rings. The molecule has 0 N–H and O–H groups in total. The first-order chi connectivity index (χ1) is 4.68. The van der Waals surface area contributed by atoms with E-state index in [0.717, 1.165) is 0 Å². The smallest absolute Gasteiger partial charge is 0.273 e. The molecule has 4 nitrogen and oxygen atoms in total. The Morgan fingerprint density at radius 1 is 1.50 bits per heavy atom. The van der Waals surface area contributed by atoms with Crippen molar-refractivity contribution in [2.75, 3.05) is 14.1 Å². The third-order valence-electron chi connectivity index (χ3n) is 0.908. The van der Waals surface area contributed by atoms with E-state index in [4.69, 9.17) is 4.42 Å². The number of nitrogens with zero attached hydrogens (tertiary/aromatic N) is 3. The van der Waals surface area contributed by atoms with E-state index in [1.54, 1.807) is 0 Å². The van der Waals surface area contributed by atoms with E-state index in [1.165, 1.54) is 0 Å². The lowest BCUT2D eigenvalue weighted by Crippen LogP contribution is -2.10. The zero-order chi connectivity index (χ0) is 7.56. The number of aromatic nitrogens is 2. The lowest BCUT2D eigenvalue weighted by atomic mass is 10.6. The zero-order valence-corrected chi connectivity index (χ0v) is 6.80. The van der Waals surface area contributed by atoms with Crippen molar-refractivity contribution in [1.82, 2.24) is 15.1 Å². The van der Waals surface area contributed by atoms with Crippen LogP contribution >= 0.6 is 12.6 Å². The topological polar surface area (TPSA) is 42.2 Å². The van der Waals surface area contributed by atoms with Crippen LogP contribution in [0.15, 0.2) is 9.64 Å². The van der Waals surface area contributed by atoms with Crippen LogP contribution in [0.1, 0.15) is 5.89 Å². The predicted octanol–water partition coefficient (Wildman–Crippen LogP) is 0.420. The summed E-state index contributed by atoms with van der Waals surface area (Å²) in [6.07, 6.45) is 0. The molecule has 10 heavy (non-hydrogen) atoms. The van der Waals surface area contributed by atoms with Gasteiger partial charge in [-0.25, -0.2) is 0 Å². The van der Waals surface area contributed by atoms with Crippen molar-refractivity contribution >= 4 is 12.6 Å². The Morgan fingerprint density at radius 2 is 2.20 bits per heavy atom.